The number of aromatic nitrogens is 3. The highest BCUT2D eigenvalue weighted by atomic mass is 19.4. The second-order valence-corrected chi connectivity index (χ2v) is 5.50. The molecule has 0 unspecified atom stereocenters. The molecule has 0 spiro atoms. The van der Waals surface area contributed by atoms with Gasteiger partial charge in [0.2, 0.25) is 11.6 Å². The zero-order valence-corrected chi connectivity index (χ0v) is 13.2. The Labute approximate surface area is 145 Å². The number of ketones is 2. The summed E-state index contributed by atoms with van der Waals surface area (Å²) < 4.78 is 43.7. The van der Waals surface area contributed by atoms with E-state index < -0.39 is 23.3 Å². The number of hydrogen-bond donors (Lipinski definition) is 1. The molecule has 0 atom stereocenters. The third-order valence-corrected chi connectivity index (χ3v) is 3.68. The van der Waals surface area contributed by atoms with Gasteiger partial charge in [-0.3, -0.25) is 14.7 Å². The van der Waals surface area contributed by atoms with Gasteiger partial charge in [-0.1, -0.05) is 18.2 Å². The Balaban J connectivity index is 1.75. The zero-order chi connectivity index (χ0) is 18.7. The molecule has 3 aromatic rings. The van der Waals surface area contributed by atoms with Crippen molar-refractivity contribution in [3.05, 3.63) is 71.2 Å². The van der Waals surface area contributed by atoms with E-state index in [1.54, 1.807) is 0 Å². The minimum Gasteiger partial charge on any atom is -0.469 e. The molecule has 26 heavy (non-hydrogen) atoms. The summed E-state index contributed by atoms with van der Waals surface area (Å²) in [7, 11) is 0. The van der Waals surface area contributed by atoms with Crippen LogP contribution in [0.5, 0.6) is 0 Å². The molecule has 0 saturated carbocycles. The number of nitrogens with zero attached hydrogens (tertiary/aromatic N) is 2. The normalized spacial score (nSPS) is 11.5. The van der Waals surface area contributed by atoms with Crippen molar-refractivity contribution in [2.75, 3.05) is 0 Å². The number of benzene rings is 1. The van der Waals surface area contributed by atoms with Gasteiger partial charge in [0.15, 0.2) is 0 Å². The van der Waals surface area contributed by atoms with Crippen LogP contribution in [-0.2, 0) is 23.8 Å². The summed E-state index contributed by atoms with van der Waals surface area (Å²) in [5, 5.41) is 5.89. The average molecular weight is 363 g/mol. The van der Waals surface area contributed by atoms with Gasteiger partial charge in [-0.05, 0) is 17.7 Å². The third kappa shape index (κ3) is 3.88. The second kappa shape index (κ2) is 6.95. The van der Waals surface area contributed by atoms with Crippen LogP contribution in [0, 0.1) is 0 Å². The van der Waals surface area contributed by atoms with E-state index in [2.05, 4.69) is 15.2 Å². The van der Waals surface area contributed by atoms with Gasteiger partial charge in [-0.25, -0.2) is 4.98 Å². The van der Waals surface area contributed by atoms with Crippen molar-refractivity contribution in [2.45, 2.75) is 19.0 Å². The van der Waals surface area contributed by atoms with Crippen molar-refractivity contribution in [2.24, 2.45) is 0 Å². The van der Waals surface area contributed by atoms with Gasteiger partial charge in [0.05, 0.1) is 11.8 Å². The summed E-state index contributed by atoms with van der Waals surface area (Å²) >= 11 is 0. The maximum absolute atomic E-state index is 12.8. The Morgan fingerprint density at radius 2 is 2.00 bits per heavy atom. The molecule has 134 valence electrons. The van der Waals surface area contributed by atoms with E-state index in [0.29, 0.717) is 16.9 Å². The lowest BCUT2D eigenvalue weighted by Crippen LogP contribution is -2.18. The lowest BCUT2D eigenvalue weighted by Gasteiger charge is -2.08. The zero-order valence-electron chi connectivity index (χ0n) is 13.2. The van der Waals surface area contributed by atoms with Gasteiger partial charge >= 0.3 is 6.18 Å². The summed E-state index contributed by atoms with van der Waals surface area (Å²) in [4.78, 5) is 27.6. The van der Waals surface area contributed by atoms with Gasteiger partial charge in [-0.15, -0.1) is 5.10 Å². The molecule has 0 aliphatic rings. The van der Waals surface area contributed by atoms with Crippen molar-refractivity contribution < 1.29 is 27.2 Å². The Hall–Kier alpha value is -3.23. The molecule has 2 aromatic heterocycles. The predicted molar refractivity (Wildman–Crippen MR) is 82.4 cm³/mol. The van der Waals surface area contributed by atoms with Crippen LogP contribution in [0.4, 0.5) is 13.2 Å². The van der Waals surface area contributed by atoms with Gasteiger partial charge in [0.1, 0.15) is 12.1 Å². The van der Waals surface area contributed by atoms with Gasteiger partial charge < -0.3 is 4.42 Å². The number of carbonyl (C=O) groups excluding carboxylic acids is 2. The van der Waals surface area contributed by atoms with Crippen molar-refractivity contribution in [1.29, 1.82) is 0 Å². The van der Waals surface area contributed by atoms with Gasteiger partial charge in [0.25, 0.3) is 5.78 Å². The number of Topliss-reactive ketones (excluding diaryl/α,β-unsaturated/α-hetero) is 2. The highest BCUT2D eigenvalue weighted by Crippen LogP contribution is 2.30. The molecule has 2 heterocycles. The monoisotopic (exact) mass is 363 g/mol. The largest absolute Gasteiger partial charge is 0.469 e. The summed E-state index contributed by atoms with van der Waals surface area (Å²) in [6.07, 6.45) is -2.13. The van der Waals surface area contributed by atoms with E-state index in [0.717, 1.165) is 12.1 Å². The van der Waals surface area contributed by atoms with E-state index in [1.165, 1.54) is 30.8 Å². The third-order valence-electron chi connectivity index (χ3n) is 3.68. The molecule has 0 saturated heterocycles. The van der Waals surface area contributed by atoms with Crippen molar-refractivity contribution in [1.82, 2.24) is 15.2 Å². The van der Waals surface area contributed by atoms with Crippen molar-refractivity contribution in [3.8, 4) is 0 Å². The van der Waals surface area contributed by atoms with E-state index in [4.69, 9.17) is 4.42 Å². The van der Waals surface area contributed by atoms with Crippen LogP contribution in [0.2, 0.25) is 0 Å². The molecule has 0 radical (unpaired) electrons. The highest BCUT2D eigenvalue weighted by Gasteiger charge is 2.30. The minimum atomic E-state index is -4.44. The number of alkyl halides is 3. The van der Waals surface area contributed by atoms with E-state index >= 15 is 0 Å². The first-order chi connectivity index (χ1) is 12.3. The first-order valence-electron chi connectivity index (χ1n) is 7.49. The van der Waals surface area contributed by atoms with Crippen LogP contribution in [0.25, 0.3) is 0 Å². The Bertz CT molecular complexity index is 930. The standard InChI is InChI=1S/C17H12F3N3O3/c18-17(19,20)12-3-1-2-10(6-12)7-14-11(4-5-26-14)8-13(24)15(25)16-21-9-22-23-16/h1-6,9H,7-8H2,(H,21,22,23). The molecule has 0 bridgehead atoms. The molecule has 9 heteroatoms. The number of H-pyrrole nitrogens is 1. The van der Waals surface area contributed by atoms with Crippen LogP contribution in [0.3, 0.4) is 0 Å². The quantitative estimate of drug-likeness (QED) is 0.537. The van der Waals surface area contributed by atoms with Crippen LogP contribution in [0.15, 0.2) is 47.3 Å². The summed E-state index contributed by atoms with van der Waals surface area (Å²) in [5.41, 5.74) is 0.0408. The summed E-state index contributed by atoms with van der Waals surface area (Å²) in [6, 6.07) is 6.34. The Morgan fingerprint density at radius 1 is 1.19 bits per heavy atom. The molecule has 0 amide bonds. The molecule has 0 aliphatic carbocycles. The number of carbonyl (C=O) groups is 2. The molecule has 1 N–H and O–H groups in total. The molecule has 3 rings (SSSR count). The lowest BCUT2D eigenvalue weighted by molar-refractivity contribution is -0.137. The molecular weight excluding hydrogens is 351 g/mol. The van der Waals surface area contributed by atoms with Crippen LogP contribution in [-0.4, -0.2) is 26.7 Å². The number of furan rings is 1. The average Bonchev–Trinajstić information content (AvgIpc) is 3.26. The van der Waals surface area contributed by atoms with Crippen LogP contribution in [0.1, 0.15) is 33.1 Å². The Morgan fingerprint density at radius 3 is 2.69 bits per heavy atom. The van der Waals surface area contributed by atoms with E-state index in [-0.39, 0.29) is 18.7 Å². The molecular formula is C17H12F3N3O3. The number of aromatic amines is 1. The van der Waals surface area contributed by atoms with E-state index in [1.807, 2.05) is 0 Å². The number of halogens is 3. The van der Waals surface area contributed by atoms with Crippen LogP contribution >= 0.6 is 0 Å². The molecule has 6 nitrogen and oxygen atoms in total. The number of nitrogens with one attached hydrogen (secondary N) is 1. The topological polar surface area (TPSA) is 88.9 Å². The van der Waals surface area contributed by atoms with Crippen molar-refractivity contribution >= 4 is 11.6 Å². The first-order valence-corrected chi connectivity index (χ1v) is 7.49. The molecule has 1 aromatic carbocycles. The summed E-state index contributed by atoms with van der Waals surface area (Å²) in [6.45, 7) is 0. The van der Waals surface area contributed by atoms with Crippen molar-refractivity contribution in [3.63, 3.8) is 0 Å². The Kier molecular flexibility index (Phi) is 4.70. The van der Waals surface area contributed by atoms with E-state index in [9.17, 15) is 22.8 Å². The number of rotatable bonds is 6. The highest BCUT2D eigenvalue weighted by molar-refractivity contribution is 6.43. The van der Waals surface area contributed by atoms with Gasteiger partial charge in [0, 0.05) is 18.4 Å². The maximum atomic E-state index is 12.8. The fraction of sp³-hybridized carbons (Fsp3) is 0.176. The SMILES string of the molecule is O=C(Cc1ccoc1Cc1cccc(C(F)(F)F)c1)C(=O)c1nc[nH]n1. The minimum absolute atomic E-state index is 0.0639. The first kappa shape index (κ1) is 17.6. The molecule has 0 fully saturated rings. The lowest BCUT2D eigenvalue weighted by atomic mass is 10.0. The van der Waals surface area contributed by atoms with Crippen LogP contribution < -0.4 is 0 Å². The fourth-order valence-corrected chi connectivity index (χ4v) is 2.42. The fourth-order valence-electron chi connectivity index (χ4n) is 2.42. The summed E-state index contributed by atoms with van der Waals surface area (Å²) in [5.74, 6) is -1.51. The number of hydrogen-bond acceptors (Lipinski definition) is 5. The smallest absolute Gasteiger partial charge is 0.416 e. The maximum Gasteiger partial charge on any atom is 0.416 e. The predicted octanol–water partition coefficient (Wildman–Crippen LogP) is 3.00. The molecule has 0 aliphatic heterocycles. The van der Waals surface area contributed by atoms with Gasteiger partial charge in [-0.2, -0.15) is 13.2 Å². The second-order valence-electron chi connectivity index (χ2n) is 5.50.